The van der Waals surface area contributed by atoms with Gasteiger partial charge in [0, 0.05) is 30.2 Å². The number of amides is 1. The Morgan fingerprint density at radius 1 is 1.08 bits per heavy atom. The zero-order valence-electron chi connectivity index (χ0n) is 21.1. The number of carbonyl (C=O) groups excluding carboxylic acids is 1. The Hall–Kier alpha value is -4.21. The summed E-state index contributed by atoms with van der Waals surface area (Å²) in [6, 6.07) is 24.6. The summed E-state index contributed by atoms with van der Waals surface area (Å²) in [6.45, 7) is 2.57. The smallest absolute Gasteiger partial charge is 0.250 e. The topological polar surface area (TPSA) is 88.9 Å². The third kappa shape index (κ3) is 5.39. The van der Waals surface area contributed by atoms with Crippen molar-refractivity contribution in [3.05, 3.63) is 96.5 Å². The number of nitrogens with one attached hydrogen (secondary N) is 2. The molecule has 194 valence electrons. The number of benzene rings is 2. The summed E-state index contributed by atoms with van der Waals surface area (Å²) in [5.74, 6) is 2.09. The molecule has 1 amide bonds. The van der Waals surface area contributed by atoms with Crippen molar-refractivity contribution < 1.29 is 18.7 Å². The van der Waals surface area contributed by atoms with Crippen LogP contribution in [0.3, 0.4) is 0 Å². The minimum absolute atomic E-state index is 0.00903. The molecule has 0 bridgehead atoms. The fourth-order valence-corrected chi connectivity index (χ4v) is 4.85. The summed E-state index contributed by atoms with van der Waals surface area (Å²) in [7, 11) is 1.48. The van der Waals surface area contributed by atoms with E-state index in [2.05, 4.69) is 15.6 Å². The molecule has 4 aromatic rings. The molecule has 9 heteroatoms. The summed E-state index contributed by atoms with van der Waals surface area (Å²) < 4.78 is 16.9. The van der Waals surface area contributed by atoms with E-state index in [-0.39, 0.29) is 24.6 Å². The third-order valence-corrected chi connectivity index (χ3v) is 6.49. The predicted octanol–water partition coefficient (Wildman–Crippen LogP) is 5.50. The van der Waals surface area contributed by atoms with Crippen LogP contribution in [0.4, 0.5) is 11.4 Å². The molecule has 0 radical (unpaired) electrons. The Kier molecular flexibility index (Phi) is 7.67. The molecule has 1 aliphatic heterocycles. The number of aromatic nitrogens is 1. The molecule has 3 heterocycles. The summed E-state index contributed by atoms with van der Waals surface area (Å²) in [5.41, 5.74) is 3.33. The molecule has 1 fully saturated rings. The van der Waals surface area contributed by atoms with Gasteiger partial charge in [0.1, 0.15) is 29.9 Å². The third-order valence-electron chi connectivity index (χ3n) is 6.17. The Morgan fingerprint density at radius 2 is 1.87 bits per heavy atom. The number of hydrogen-bond acceptors (Lipinski definition) is 6. The highest BCUT2D eigenvalue weighted by molar-refractivity contribution is 7.80. The first-order valence-corrected chi connectivity index (χ1v) is 12.7. The van der Waals surface area contributed by atoms with E-state index in [0.717, 1.165) is 34.2 Å². The minimum Gasteiger partial charge on any atom is -0.494 e. The highest BCUT2D eigenvalue weighted by Crippen LogP contribution is 2.43. The zero-order chi connectivity index (χ0) is 26.5. The molecular weight excluding hydrogens is 500 g/mol. The van der Waals surface area contributed by atoms with Crippen LogP contribution in [0, 0.1) is 0 Å². The second-order valence-corrected chi connectivity index (χ2v) is 9.07. The van der Waals surface area contributed by atoms with Crippen LogP contribution in [-0.4, -0.2) is 36.3 Å². The summed E-state index contributed by atoms with van der Waals surface area (Å²) in [6.07, 6.45) is 1.77. The summed E-state index contributed by atoms with van der Waals surface area (Å²) in [5, 5.41) is 6.80. The van der Waals surface area contributed by atoms with Crippen LogP contribution in [0.25, 0.3) is 11.3 Å². The van der Waals surface area contributed by atoms with Gasteiger partial charge in [-0.2, -0.15) is 0 Å². The number of anilines is 2. The van der Waals surface area contributed by atoms with Gasteiger partial charge in [-0.15, -0.1) is 0 Å². The average molecular weight is 529 g/mol. The first-order chi connectivity index (χ1) is 18.6. The van der Waals surface area contributed by atoms with E-state index in [1.807, 2.05) is 90.7 Å². The molecule has 5 rings (SSSR count). The molecule has 2 aromatic heterocycles. The average Bonchev–Trinajstić information content (AvgIpc) is 3.55. The first-order valence-electron chi connectivity index (χ1n) is 12.3. The van der Waals surface area contributed by atoms with Crippen molar-refractivity contribution in [1.82, 2.24) is 10.3 Å². The number of thiocarbonyl (C=S) groups is 1. The van der Waals surface area contributed by atoms with E-state index in [1.165, 1.54) is 7.11 Å². The molecule has 0 saturated carbocycles. The number of methoxy groups -OCH3 is 1. The zero-order valence-corrected chi connectivity index (χ0v) is 21.9. The van der Waals surface area contributed by atoms with Gasteiger partial charge in [-0.05, 0) is 91.9 Å². The maximum atomic E-state index is 11.9. The van der Waals surface area contributed by atoms with Crippen LogP contribution < -0.4 is 20.3 Å². The Balaban J connectivity index is 1.48. The van der Waals surface area contributed by atoms with E-state index < -0.39 is 0 Å². The number of hydrogen-bond donors (Lipinski definition) is 2. The number of rotatable bonds is 9. The highest BCUT2D eigenvalue weighted by Gasteiger charge is 2.42. The van der Waals surface area contributed by atoms with Gasteiger partial charge < -0.3 is 29.4 Å². The minimum atomic E-state index is -0.289. The molecule has 2 atom stereocenters. The van der Waals surface area contributed by atoms with E-state index in [9.17, 15) is 4.79 Å². The number of furan rings is 1. The SMILES string of the molecule is CCOc1ccc(-c2ccc([C@H]3[C@H](c4ccccn4)NC(=S)N3c3ccc(NC(=O)COC)cc3)o2)cc1. The van der Waals surface area contributed by atoms with Gasteiger partial charge in [0.25, 0.3) is 0 Å². The van der Waals surface area contributed by atoms with Crippen LogP contribution >= 0.6 is 12.2 Å². The second kappa shape index (κ2) is 11.5. The normalized spacial score (nSPS) is 16.8. The molecule has 38 heavy (non-hydrogen) atoms. The van der Waals surface area contributed by atoms with Crippen molar-refractivity contribution in [3.8, 4) is 17.1 Å². The van der Waals surface area contributed by atoms with Crippen molar-refractivity contribution >= 4 is 34.6 Å². The highest BCUT2D eigenvalue weighted by atomic mass is 32.1. The molecule has 0 aliphatic carbocycles. The van der Waals surface area contributed by atoms with Gasteiger partial charge in [-0.25, -0.2) is 0 Å². The number of carbonyl (C=O) groups is 1. The molecule has 8 nitrogen and oxygen atoms in total. The number of pyridine rings is 1. The van der Waals surface area contributed by atoms with Crippen molar-refractivity contribution in [2.24, 2.45) is 0 Å². The van der Waals surface area contributed by atoms with Crippen LogP contribution in [-0.2, 0) is 9.53 Å². The Labute approximate surface area is 226 Å². The van der Waals surface area contributed by atoms with Gasteiger partial charge in [0.15, 0.2) is 5.11 Å². The fourth-order valence-electron chi connectivity index (χ4n) is 4.50. The largest absolute Gasteiger partial charge is 0.494 e. The van der Waals surface area contributed by atoms with Gasteiger partial charge in [0.2, 0.25) is 5.91 Å². The lowest BCUT2D eigenvalue weighted by Gasteiger charge is -2.26. The quantitative estimate of drug-likeness (QED) is 0.275. The van der Waals surface area contributed by atoms with Gasteiger partial charge in [0.05, 0.1) is 18.3 Å². The lowest BCUT2D eigenvalue weighted by Crippen LogP contribution is -2.29. The summed E-state index contributed by atoms with van der Waals surface area (Å²) >= 11 is 5.80. The van der Waals surface area contributed by atoms with Gasteiger partial charge in [-0.1, -0.05) is 6.07 Å². The first kappa shape index (κ1) is 25.4. The number of nitrogens with zero attached hydrogens (tertiary/aromatic N) is 2. The second-order valence-electron chi connectivity index (χ2n) is 8.68. The predicted molar refractivity (Wildman–Crippen MR) is 150 cm³/mol. The maximum Gasteiger partial charge on any atom is 0.250 e. The standard InChI is InChI=1S/C29H28N4O4S/c1-3-36-22-13-7-19(8-14-22)24-15-16-25(37-24)28-27(23-6-4-5-17-30-23)32-29(38)33(28)21-11-9-20(10-12-21)31-26(34)18-35-2/h4-17,27-28H,3,18H2,1-2H3,(H,31,34)(H,32,38)/t27-,28-/m0/s1. The summed E-state index contributed by atoms with van der Waals surface area (Å²) in [4.78, 5) is 18.5. The maximum absolute atomic E-state index is 11.9. The lowest BCUT2D eigenvalue weighted by molar-refractivity contribution is -0.119. The van der Waals surface area contributed by atoms with Crippen LogP contribution in [0.1, 0.15) is 30.5 Å². The number of ether oxygens (including phenoxy) is 2. The molecule has 1 aliphatic rings. The Morgan fingerprint density at radius 3 is 2.55 bits per heavy atom. The van der Waals surface area contributed by atoms with E-state index in [0.29, 0.717) is 17.4 Å². The van der Waals surface area contributed by atoms with Crippen molar-refractivity contribution in [2.75, 3.05) is 30.5 Å². The van der Waals surface area contributed by atoms with Gasteiger partial charge in [-0.3, -0.25) is 9.78 Å². The molecule has 2 aromatic carbocycles. The van der Waals surface area contributed by atoms with E-state index >= 15 is 0 Å². The van der Waals surface area contributed by atoms with Crippen LogP contribution in [0.15, 0.2) is 89.5 Å². The van der Waals surface area contributed by atoms with Crippen LogP contribution in [0.5, 0.6) is 5.75 Å². The molecule has 2 N–H and O–H groups in total. The Bertz CT molecular complexity index is 1390. The molecule has 0 spiro atoms. The fraction of sp³-hybridized carbons (Fsp3) is 0.207. The van der Waals surface area contributed by atoms with Gasteiger partial charge >= 0.3 is 0 Å². The monoisotopic (exact) mass is 528 g/mol. The van der Waals surface area contributed by atoms with E-state index in [1.54, 1.807) is 6.20 Å². The van der Waals surface area contributed by atoms with Crippen molar-refractivity contribution in [1.29, 1.82) is 0 Å². The lowest BCUT2D eigenvalue weighted by atomic mass is 10.0. The van der Waals surface area contributed by atoms with E-state index in [4.69, 9.17) is 26.1 Å². The van der Waals surface area contributed by atoms with Crippen molar-refractivity contribution in [3.63, 3.8) is 0 Å². The molecular formula is C29H28N4O4S. The molecule has 0 unspecified atom stereocenters. The molecule has 1 saturated heterocycles. The van der Waals surface area contributed by atoms with Crippen LogP contribution in [0.2, 0.25) is 0 Å². The van der Waals surface area contributed by atoms with Crippen molar-refractivity contribution in [2.45, 2.75) is 19.0 Å².